The molecule has 0 saturated carbocycles. The highest BCUT2D eigenvalue weighted by Crippen LogP contribution is 2.01. The molecule has 0 aromatic rings. The van der Waals surface area contributed by atoms with E-state index in [1.807, 2.05) is 0 Å². The van der Waals surface area contributed by atoms with E-state index >= 15 is 0 Å². The first-order chi connectivity index (χ1) is 13.3. The number of hydrogen-bond donors (Lipinski definition) is 0. The van der Waals surface area contributed by atoms with Crippen LogP contribution in [0.15, 0.2) is 0 Å². The third-order valence-corrected chi connectivity index (χ3v) is 3.01. The lowest BCUT2D eigenvalue weighted by atomic mass is 10.2. The van der Waals surface area contributed by atoms with Gasteiger partial charge in [0.25, 0.3) is 0 Å². The van der Waals surface area contributed by atoms with Gasteiger partial charge in [0.15, 0.2) is 5.92 Å². The second kappa shape index (κ2) is 19.6. The summed E-state index contributed by atoms with van der Waals surface area (Å²) in [5, 5.41) is 0. The van der Waals surface area contributed by atoms with Crippen LogP contribution in [0.25, 0.3) is 0 Å². The first-order valence-corrected chi connectivity index (χ1v) is 9.56. The molecule has 0 spiro atoms. The summed E-state index contributed by atoms with van der Waals surface area (Å²) in [6, 6.07) is 0. The van der Waals surface area contributed by atoms with Crippen molar-refractivity contribution in [3.63, 3.8) is 0 Å². The van der Waals surface area contributed by atoms with Gasteiger partial charge in [0, 0.05) is 13.2 Å². The van der Waals surface area contributed by atoms with Gasteiger partial charge in [-0.25, -0.2) is 0 Å². The maximum Gasteiger partial charge on any atom is 0.320 e. The van der Waals surface area contributed by atoms with E-state index in [9.17, 15) is 19.2 Å². The van der Waals surface area contributed by atoms with Crippen LogP contribution in [0, 0.1) is 5.92 Å². The zero-order chi connectivity index (χ0) is 21.8. The van der Waals surface area contributed by atoms with Crippen LogP contribution in [0.2, 0.25) is 0 Å². The number of rotatable bonds is 8. The average Bonchev–Trinajstić information content (AvgIpc) is 3.22. The predicted molar refractivity (Wildman–Crippen MR) is 100 cm³/mol. The molecule has 1 aliphatic rings. The van der Waals surface area contributed by atoms with Crippen LogP contribution in [0.1, 0.15) is 53.9 Å². The molecule has 28 heavy (non-hydrogen) atoms. The lowest BCUT2D eigenvalue weighted by Gasteiger charge is -2.08. The Morgan fingerprint density at radius 2 is 1.07 bits per heavy atom. The molecule has 1 saturated heterocycles. The van der Waals surface area contributed by atoms with E-state index < -0.39 is 29.8 Å². The minimum Gasteiger partial charge on any atom is -0.466 e. The summed E-state index contributed by atoms with van der Waals surface area (Å²) in [6.07, 6.45) is 2.27. The number of esters is 4. The molecule has 0 N–H and O–H groups in total. The Morgan fingerprint density at radius 1 is 0.714 bits per heavy atom. The second-order valence-electron chi connectivity index (χ2n) is 5.33. The molecule has 0 radical (unpaired) electrons. The fourth-order valence-corrected chi connectivity index (χ4v) is 1.68. The van der Waals surface area contributed by atoms with E-state index in [0.717, 1.165) is 13.2 Å². The molecule has 1 aliphatic heterocycles. The number of carbonyl (C=O) groups is 4. The molecular weight excluding hydrogens is 372 g/mol. The van der Waals surface area contributed by atoms with Gasteiger partial charge in [0.1, 0.15) is 6.42 Å². The maximum atomic E-state index is 10.9. The standard InChI is InChI=1S/C8H14O4.C7H12O4.C4H8O/c1-4-11-7(9)6(3)8(10)12-5-2;1-3-10-6(8)5-7(9)11-4-2;1-2-4-5-3-1/h6H,4-5H2,1-3H3;3-5H2,1-2H3;1-4H2. The predicted octanol–water partition coefficient (Wildman–Crippen LogP) is 2.05. The van der Waals surface area contributed by atoms with Crippen molar-refractivity contribution < 1.29 is 42.9 Å². The molecule has 0 amide bonds. The van der Waals surface area contributed by atoms with Crippen molar-refractivity contribution >= 4 is 23.9 Å². The van der Waals surface area contributed by atoms with E-state index in [1.54, 1.807) is 27.7 Å². The molecule has 0 aromatic heterocycles. The molecule has 164 valence electrons. The van der Waals surface area contributed by atoms with E-state index in [1.165, 1.54) is 19.8 Å². The molecule has 1 heterocycles. The number of ether oxygens (including phenoxy) is 5. The Balaban J connectivity index is 0. The fourth-order valence-electron chi connectivity index (χ4n) is 1.68. The first kappa shape index (κ1) is 28.1. The minimum absolute atomic E-state index is 0.280. The van der Waals surface area contributed by atoms with Crippen LogP contribution >= 0.6 is 0 Å². The van der Waals surface area contributed by atoms with Gasteiger partial charge in [-0.15, -0.1) is 0 Å². The normalized spacial score (nSPS) is 11.9. The lowest BCUT2D eigenvalue weighted by molar-refractivity contribution is -0.161. The van der Waals surface area contributed by atoms with Crippen molar-refractivity contribution in [3.8, 4) is 0 Å². The maximum absolute atomic E-state index is 10.9. The average molecular weight is 406 g/mol. The molecule has 9 heteroatoms. The molecule has 0 atom stereocenters. The molecule has 0 unspecified atom stereocenters. The molecule has 1 rings (SSSR count). The smallest absolute Gasteiger partial charge is 0.320 e. The highest BCUT2D eigenvalue weighted by Gasteiger charge is 2.23. The Labute approximate surface area is 167 Å². The molecule has 0 aromatic carbocycles. The summed E-state index contributed by atoms with van der Waals surface area (Å²) in [7, 11) is 0. The van der Waals surface area contributed by atoms with Crippen LogP contribution in [0.5, 0.6) is 0 Å². The topological polar surface area (TPSA) is 114 Å². The Morgan fingerprint density at radius 3 is 1.32 bits per heavy atom. The Hall–Kier alpha value is -2.16. The summed E-state index contributed by atoms with van der Waals surface area (Å²) in [4.78, 5) is 43.1. The van der Waals surface area contributed by atoms with Gasteiger partial charge >= 0.3 is 23.9 Å². The van der Waals surface area contributed by atoms with E-state index in [-0.39, 0.29) is 32.8 Å². The van der Waals surface area contributed by atoms with Crippen molar-refractivity contribution in [2.75, 3.05) is 39.6 Å². The van der Waals surface area contributed by atoms with Crippen LogP contribution in [-0.2, 0) is 42.9 Å². The molecule has 0 aliphatic carbocycles. The van der Waals surface area contributed by atoms with Gasteiger partial charge in [0.05, 0.1) is 26.4 Å². The van der Waals surface area contributed by atoms with E-state index in [4.69, 9.17) is 4.74 Å². The van der Waals surface area contributed by atoms with Gasteiger partial charge < -0.3 is 23.7 Å². The third kappa shape index (κ3) is 17.3. The van der Waals surface area contributed by atoms with Gasteiger partial charge in [-0.05, 0) is 47.5 Å². The van der Waals surface area contributed by atoms with Crippen LogP contribution in [0.4, 0.5) is 0 Å². The lowest BCUT2D eigenvalue weighted by Crippen LogP contribution is -2.25. The Kier molecular flexibility index (Phi) is 19.6. The van der Waals surface area contributed by atoms with Crippen molar-refractivity contribution in [2.24, 2.45) is 5.92 Å². The number of hydrogen-bond acceptors (Lipinski definition) is 9. The van der Waals surface area contributed by atoms with Crippen molar-refractivity contribution in [1.82, 2.24) is 0 Å². The van der Waals surface area contributed by atoms with E-state index in [2.05, 4.69) is 18.9 Å². The third-order valence-electron chi connectivity index (χ3n) is 3.01. The fraction of sp³-hybridized carbons (Fsp3) is 0.789. The Bertz CT molecular complexity index is 403. The monoisotopic (exact) mass is 406 g/mol. The summed E-state index contributed by atoms with van der Waals surface area (Å²) in [5.74, 6) is -2.95. The SMILES string of the molecule is C1CCOC1.CCOC(=O)C(C)C(=O)OCC.CCOC(=O)CC(=O)OCC. The van der Waals surface area contributed by atoms with Gasteiger partial charge in [-0.2, -0.15) is 0 Å². The summed E-state index contributed by atoms with van der Waals surface area (Å²) in [5.41, 5.74) is 0. The molecular formula is C19H34O9. The number of carbonyl (C=O) groups excluding carboxylic acids is 4. The second-order valence-corrected chi connectivity index (χ2v) is 5.33. The van der Waals surface area contributed by atoms with Crippen molar-refractivity contribution in [3.05, 3.63) is 0 Å². The zero-order valence-corrected chi connectivity index (χ0v) is 17.6. The van der Waals surface area contributed by atoms with E-state index in [0.29, 0.717) is 0 Å². The van der Waals surface area contributed by atoms with Crippen LogP contribution < -0.4 is 0 Å². The first-order valence-electron chi connectivity index (χ1n) is 9.56. The van der Waals surface area contributed by atoms with Gasteiger partial charge in [-0.1, -0.05) is 0 Å². The minimum atomic E-state index is -0.815. The summed E-state index contributed by atoms with van der Waals surface area (Å²) in [6.45, 7) is 11.4. The van der Waals surface area contributed by atoms with Crippen molar-refractivity contribution in [2.45, 2.75) is 53.9 Å². The van der Waals surface area contributed by atoms with Gasteiger partial charge in [-0.3, -0.25) is 19.2 Å². The zero-order valence-electron chi connectivity index (χ0n) is 17.6. The molecule has 9 nitrogen and oxygen atoms in total. The molecule has 0 bridgehead atoms. The van der Waals surface area contributed by atoms with Crippen molar-refractivity contribution in [1.29, 1.82) is 0 Å². The molecule has 1 fully saturated rings. The quantitative estimate of drug-likeness (QED) is 0.339. The summed E-state index contributed by atoms with van der Waals surface area (Å²) >= 11 is 0. The summed E-state index contributed by atoms with van der Waals surface area (Å²) < 4.78 is 23.2. The van der Waals surface area contributed by atoms with Crippen LogP contribution in [-0.4, -0.2) is 63.5 Å². The largest absolute Gasteiger partial charge is 0.466 e. The van der Waals surface area contributed by atoms with Gasteiger partial charge in [0.2, 0.25) is 0 Å². The van der Waals surface area contributed by atoms with Crippen LogP contribution in [0.3, 0.4) is 0 Å². The highest BCUT2D eigenvalue weighted by atomic mass is 16.6. The highest BCUT2D eigenvalue weighted by molar-refractivity contribution is 5.94.